The summed E-state index contributed by atoms with van der Waals surface area (Å²) in [4.78, 5) is 25.1. The fraction of sp³-hybridized carbons (Fsp3) is 0.500. The van der Waals surface area contributed by atoms with Crippen molar-refractivity contribution in [3.05, 3.63) is 33.4 Å². The minimum Gasteiger partial charge on any atom is -0.370 e. The van der Waals surface area contributed by atoms with E-state index >= 15 is 0 Å². The van der Waals surface area contributed by atoms with Crippen molar-refractivity contribution in [2.45, 2.75) is 69.4 Å². The zero-order valence-corrected chi connectivity index (χ0v) is 22.1. The molecule has 1 atom stereocenters. The number of anilines is 3. The summed E-state index contributed by atoms with van der Waals surface area (Å²) in [5.74, 6) is -2.00. The van der Waals surface area contributed by atoms with E-state index < -0.39 is 12.0 Å². The standard InChI is InChI=1S/C24H26Cl3F2N7O/c25-13-8-16(26)20(17(27)9-13)34-23-33-18-11-31-22(32-14-5-6-24(28,29)10-14)35-21(18)36(23)15-3-1-12(2-4-15)7-19(30)37/h8-9,11-12,14-15H,1-7,10H2,(H2,30,37)(H,33,34)(H,31,32,35)/t12?,14-,15?/m0/s1. The molecule has 8 nitrogen and oxygen atoms in total. The highest BCUT2D eigenvalue weighted by Crippen LogP contribution is 2.41. The van der Waals surface area contributed by atoms with Crippen molar-refractivity contribution in [1.29, 1.82) is 0 Å². The first-order valence-electron chi connectivity index (χ1n) is 12.2. The molecule has 2 saturated carbocycles. The third-order valence-corrected chi connectivity index (χ3v) is 7.90. The third-order valence-electron chi connectivity index (χ3n) is 7.08. The molecule has 0 saturated heterocycles. The van der Waals surface area contributed by atoms with Gasteiger partial charge in [0.05, 0.1) is 21.9 Å². The molecule has 2 fully saturated rings. The normalized spacial score (nSPS) is 23.3. The molecule has 0 unspecified atom stereocenters. The minimum atomic E-state index is -2.68. The summed E-state index contributed by atoms with van der Waals surface area (Å²) < 4.78 is 29.4. The molecule has 2 aromatic heterocycles. The average molecular weight is 573 g/mol. The quantitative estimate of drug-likeness (QED) is 0.289. The van der Waals surface area contributed by atoms with Crippen LogP contribution in [0.2, 0.25) is 15.1 Å². The molecule has 13 heteroatoms. The Balaban J connectivity index is 1.49. The van der Waals surface area contributed by atoms with E-state index in [9.17, 15) is 13.6 Å². The van der Waals surface area contributed by atoms with Gasteiger partial charge in [-0.15, -0.1) is 0 Å². The van der Waals surface area contributed by atoms with Gasteiger partial charge in [-0.25, -0.2) is 18.7 Å². The van der Waals surface area contributed by atoms with Crippen molar-refractivity contribution >= 4 is 69.5 Å². The summed E-state index contributed by atoms with van der Waals surface area (Å²) in [6, 6.07) is 2.77. The minimum absolute atomic E-state index is 0.0139. The molecule has 0 bridgehead atoms. The van der Waals surface area contributed by atoms with Crippen LogP contribution in [0, 0.1) is 5.92 Å². The molecule has 37 heavy (non-hydrogen) atoms. The molecule has 1 aromatic carbocycles. The number of nitrogens with two attached hydrogens (primary N) is 1. The van der Waals surface area contributed by atoms with Crippen LogP contribution in [0.25, 0.3) is 11.2 Å². The van der Waals surface area contributed by atoms with Crippen molar-refractivity contribution in [1.82, 2.24) is 19.5 Å². The number of alkyl halides is 2. The Bertz CT molecular complexity index is 1300. The Kier molecular flexibility index (Phi) is 7.35. The van der Waals surface area contributed by atoms with Crippen LogP contribution in [-0.4, -0.2) is 37.4 Å². The number of benzene rings is 1. The molecule has 1 amide bonds. The van der Waals surface area contributed by atoms with E-state index in [1.807, 2.05) is 4.57 Å². The van der Waals surface area contributed by atoms with E-state index in [0.29, 0.717) is 50.7 Å². The largest absolute Gasteiger partial charge is 0.370 e. The molecule has 0 radical (unpaired) electrons. The maximum Gasteiger partial charge on any atom is 0.250 e. The van der Waals surface area contributed by atoms with Gasteiger partial charge < -0.3 is 16.4 Å². The van der Waals surface area contributed by atoms with Crippen LogP contribution in [0.15, 0.2) is 18.3 Å². The summed E-state index contributed by atoms with van der Waals surface area (Å²) >= 11 is 18.9. The smallest absolute Gasteiger partial charge is 0.250 e. The van der Waals surface area contributed by atoms with Gasteiger partial charge in [0.1, 0.15) is 5.52 Å². The number of amides is 1. The Labute approximate surface area is 227 Å². The summed E-state index contributed by atoms with van der Waals surface area (Å²) in [7, 11) is 0. The van der Waals surface area contributed by atoms with Gasteiger partial charge in [0.25, 0.3) is 0 Å². The van der Waals surface area contributed by atoms with Crippen molar-refractivity contribution in [2.24, 2.45) is 11.7 Å². The molecule has 198 valence electrons. The van der Waals surface area contributed by atoms with Crippen LogP contribution in [0.4, 0.5) is 26.4 Å². The van der Waals surface area contributed by atoms with E-state index in [4.69, 9.17) is 45.5 Å². The third kappa shape index (κ3) is 5.86. The maximum absolute atomic E-state index is 13.7. The topological polar surface area (TPSA) is 111 Å². The summed E-state index contributed by atoms with van der Waals surface area (Å²) in [5.41, 5.74) is 6.95. The van der Waals surface area contributed by atoms with E-state index in [0.717, 1.165) is 25.7 Å². The first-order valence-corrected chi connectivity index (χ1v) is 13.3. The number of halogens is 5. The van der Waals surface area contributed by atoms with Crippen LogP contribution in [0.1, 0.15) is 57.4 Å². The number of carbonyl (C=O) groups excluding carboxylic acids is 1. The predicted octanol–water partition coefficient (Wildman–Crippen LogP) is 6.74. The molecule has 3 aromatic rings. The van der Waals surface area contributed by atoms with Gasteiger partial charge in [-0.05, 0) is 50.2 Å². The highest BCUT2D eigenvalue weighted by molar-refractivity contribution is 6.41. The Morgan fingerprint density at radius 1 is 1.11 bits per heavy atom. The lowest BCUT2D eigenvalue weighted by Gasteiger charge is -2.30. The van der Waals surface area contributed by atoms with E-state index in [2.05, 4.69) is 20.6 Å². The van der Waals surface area contributed by atoms with E-state index in [1.165, 1.54) is 0 Å². The average Bonchev–Trinajstić information content (AvgIpc) is 3.34. The molecule has 2 aliphatic rings. The highest BCUT2D eigenvalue weighted by atomic mass is 35.5. The Hall–Kier alpha value is -2.43. The summed E-state index contributed by atoms with van der Waals surface area (Å²) in [5, 5.41) is 7.36. The summed E-state index contributed by atoms with van der Waals surface area (Å²) in [6.45, 7) is 0. The van der Waals surface area contributed by atoms with Crippen molar-refractivity contribution in [3.8, 4) is 0 Å². The fourth-order valence-corrected chi connectivity index (χ4v) is 6.23. The van der Waals surface area contributed by atoms with Gasteiger partial charge in [-0.2, -0.15) is 4.98 Å². The number of hydrogen-bond acceptors (Lipinski definition) is 6. The molecule has 0 aliphatic heterocycles. The van der Waals surface area contributed by atoms with Crippen molar-refractivity contribution in [2.75, 3.05) is 10.6 Å². The molecule has 2 heterocycles. The van der Waals surface area contributed by atoms with Crippen LogP contribution < -0.4 is 16.4 Å². The summed E-state index contributed by atoms with van der Waals surface area (Å²) in [6.07, 6.45) is 5.07. The lowest BCUT2D eigenvalue weighted by molar-refractivity contribution is -0.119. The van der Waals surface area contributed by atoms with Crippen LogP contribution in [-0.2, 0) is 4.79 Å². The van der Waals surface area contributed by atoms with Gasteiger partial charge in [0.2, 0.25) is 23.7 Å². The van der Waals surface area contributed by atoms with Crippen LogP contribution in [0.5, 0.6) is 0 Å². The number of carbonyl (C=O) groups is 1. The number of imidazole rings is 1. The zero-order valence-electron chi connectivity index (χ0n) is 19.8. The number of nitrogens with one attached hydrogen (secondary N) is 2. The first-order chi connectivity index (χ1) is 17.6. The van der Waals surface area contributed by atoms with E-state index in [1.54, 1.807) is 18.3 Å². The predicted molar refractivity (Wildman–Crippen MR) is 141 cm³/mol. The first kappa shape index (κ1) is 26.2. The second-order valence-electron chi connectivity index (χ2n) is 9.86. The second-order valence-corrected chi connectivity index (χ2v) is 11.1. The second kappa shape index (κ2) is 10.4. The number of nitrogens with zero attached hydrogens (tertiary/aromatic N) is 4. The van der Waals surface area contributed by atoms with Gasteiger partial charge in [-0.3, -0.25) is 9.36 Å². The number of primary amides is 1. The van der Waals surface area contributed by atoms with Crippen molar-refractivity contribution < 1.29 is 13.6 Å². The van der Waals surface area contributed by atoms with Crippen LogP contribution in [0.3, 0.4) is 0 Å². The monoisotopic (exact) mass is 571 g/mol. The lowest BCUT2D eigenvalue weighted by Crippen LogP contribution is -2.24. The van der Waals surface area contributed by atoms with E-state index in [-0.39, 0.29) is 36.7 Å². The zero-order chi connectivity index (χ0) is 26.3. The lowest BCUT2D eigenvalue weighted by atomic mass is 9.84. The van der Waals surface area contributed by atoms with Gasteiger partial charge in [0.15, 0.2) is 5.65 Å². The number of fused-ring (bicyclic) bond motifs is 1. The Morgan fingerprint density at radius 2 is 1.81 bits per heavy atom. The molecule has 2 aliphatic carbocycles. The fourth-order valence-electron chi connectivity index (χ4n) is 5.32. The number of aromatic nitrogens is 4. The number of hydrogen-bond donors (Lipinski definition) is 3. The molecule has 0 spiro atoms. The highest BCUT2D eigenvalue weighted by Gasteiger charge is 2.39. The maximum atomic E-state index is 13.7. The van der Waals surface area contributed by atoms with Gasteiger partial charge >= 0.3 is 0 Å². The molecule has 5 rings (SSSR count). The molecular weight excluding hydrogens is 547 g/mol. The number of rotatable bonds is 7. The van der Waals surface area contributed by atoms with Gasteiger partial charge in [-0.1, -0.05) is 34.8 Å². The molecule has 4 N–H and O–H groups in total. The SMILES string of the molecule is NC(=O)CC1CCC(n2c(Nc3c(Cl)cc(Cl)cc3Cl)nc3cnc(N[C@H]4CCC(F)(F)C4)nc32)CC1. The Morgan fingerprint density at radius 3 is 2.43 bits per heavy atom. The van der Waals surface area contributed by atoms with Crippen molar-refractivity contribution in [3.63, 3.8) is 0 Å². The van der Waals surface area contributed by atoms with Crippen LogP contribution >= 0.6 is 34.8 Å². The molecular formula is C24H26Cl3F2N7O. The van der Waals surface area contributed by atoms with Gasteiger partial charge in [0, 0.05) is 36.4 Å².